The topological polar surface area (TPSA) is 37.8 Å². The molecule has 3 nitrogen and oxygen atoms in total. The largest absolute Gasteiger partial charge is 0.305 e. The van der Waals surface area contributed by atoms with Gasteiger partial charge in [0, 0.05) is 0 Å². The molecule has 2 rings (SSSR count). The minimum absolute atomic E-state index is 0.0482. The Morgan fingerprint density at radius 1 is 1.29 bits per heavy atom. The molecule has 5 heteroatoms. The molecule has 1 aromatic heterocycles. The summed E-state index contributed by atoms with van der Waals surface area (Å²) >= 11 is 1.44. The second kappa shape index (κ2) is 7.61. The van der Waals surface area contributed by atoms with E-state index in [0.717, 1.165) is 47.5 Å². The van der Waals surface area contributed by atoms with Crippen LogP contribution in [0.5, 0.6) is 0 Å². The lowest BCUT2D eigenvalue weighted by atomic mass is 9.98. The van der Waals surface area contributed by atoms with E-state index in [2.05, 4.69) is 28.8 Å². The van der Waals surface area contributed by atoms with Crippen molar-refractivity contribution in [3.8, 4) is 0 Å². The molecule has 1 aromatic carbocycles. The van der Waals surface area contributed by atoms with Crippen LogP contribution in [0.1, 0.15) is 54.4 Å². The standard InChI is InChI=1S/C16H22FN3S/c1-4-6-14-16(21-20-19-14)15(18-9-5-2)13-8-7-12(17)10-11(13)3/h7-8,10,15,18H,4-6,9H2,1-3H3. The van der Waals surface area contributed by atoms with Crippen molar-refractivity contribution < 1.29 is 4.39 Å². The molecule has 0 bridgehead atoms. The lowest BCUT2D eigenvalue weighted by molar-refractivity contribution is 0.590. The van der Waals surface area contributed by atoms with Gasteiger partial charge in [0.25, 0.3) is 0 Å². The molecule has 0 radical (unpaired) electrons. The van der Waals surface area contributed by atoms with Crippen molar-refractivity contribution in [1.29, 1.82) is 0 Å². The van der Waals surface area contributed by atoms with Crippen LogP contribution in [-0.4, -0.2) is 16.1 Å². The highest BCUT2D eigenvalue weighted by Crippen LogP contribution is 2.30. The van der Waals surface area contributed by atoms with Gasteiger partial charge in [0.2, 0.25) is 0 Å². The summed E-state index contributed by atoms with van der Waals surface area (Å²) in [5.74, 6) is -0.193. The summed E-state index contributed by atoms with van der Waals surface area (Å²) < 4.78 is 17.5. The number of nitrogens with one attached hydrogen (secondary N) is 1. The summed E-state index contributed by atoms with van der Waals surface area (Å²) in [5.41, 5.74) is 3.12. The average Bonchev–Trinajstić information content (AvgIpc) is 2.90. The summed E-state index contributed by atoms with van der Waals surface area (Å²) in [6.45, 7) is 7.14. The predicted molar refractivity (Wildman–Crippen MR) is 85.2 cm³/mol. The Morgan fingerprint density at radius 2 is 2.10 bits per heavy atom. The maximum Gasteiger partial charge on any atom is 0.123 e. The van der Waals surface area contributed by atoms with E-state index in [1.165, 1.54) is 17.6 Å². The number of aryl methyl sites for hydroxylation is 2. The minimum atomic E-state index is -0.193. The zero-order valence-electron chi connectivity index (χ0n) is 12.8. The number of nitrogens with zero attached hydrogens (tertiary/aromatic N) is 2. The molecule has 21 heavy (non-hydrogen) atoms. The molecule has 0 fully saturated rings. The van der Waals surface area contributed by atoms with Crippen molar-refractivity contribution in [2.75, 3.05) is 6.54 Å². The van der Waals surface area contributed by atoms with E-state index < -0.39 is 0 Å². The third-order valence-corrected chi connectivity index (χ3v) is 4.31. The minimum Gasteiger partial charge on any atom is -0.305 e. The van der Waals surface area contributed by atoms with Crippen LogP contribution >= 0.6 is 11.5 Å². The van der Waals surface area contributed by atoms with E-state index >= 15 is 0 Å². The fourth-order valence-corrected chi connectivity index (χ4v) is 3.23. The van der Waals surface area contributed by atoms with Crippen LogP contribution in [0.4, 0.5) is 4.39 Å². The first-order valence-corrected chi connectivity index (χ1v) is 8.25. The number of hydrogen-bond acceptors (Lipinski definition) is 4. The fourth-order valence-electron chi connectivity index (χ4n) is 2.44. The predicted octanol–water partition coefficient (Wildman–Crippen LogP) is 4.03. The second-order valence-electron chi connectivity index (χ2n) is 5.22. The van der Waals surface area contributed by atoms with Crippen LogP contribution in [-0.2, 0) is 6.42 Å². The van der Waals surface area contributed by atoms with Gasteiger partial charge in [-0.25, -0.2) is 4.39 Å². The number of hydrogen-bond donors (Lipinski definition) is 1. The van der Waals surface area contributed by atoms with E-state index in [0.29, 0.717) is 0 Å². The van der Waals surface area contributed by atoms with Gasteiger partial charge in [-0.1, -0.05) is 30.8 Å². The van der Waals surface area contributed by atoms with E-state index in [9.17, 15) is 4.39 Å². The highest BCUT2D eigenvalue weighted by Gasteiger charge is 2.21. The first kappa shape index (κ1) is 16.0. The van der Waals surface area contributed by atoms with Crippen molar-refractivity contribution in [3.05, 3.63) is 45.7 Å². The van der Waals surface area contributed by atoms with Crippen molar-refractivity contribution in [2.24, 2.45) is 0 Å². The van der Waals surface area contributed by atoms with Crippen LogP contribution in [0.25, 0.3) is 0 Å². The highest BCUT2D eigenvalue weighted by molar-refractivity contribution is 7.05. The average molecular weight is 307 g/mol. The smallest absolute Gasteiger partial charge is 0.123 e. The third-order valence-electron chi connectivity index (χ3n) is 3.48. The zero-order valence-corrected chi connectivity index (χ0v) is 13.6. The van der Waals surface area contributed by atoms with Gasteiger partial charge in [0.15, 0.2) is 0 Å². The molecule has 1 unspecified atom stereocenters. The van der Waals surface area contributed by atoms with Crippen LogP contribution in [0.3, 0.4) is 0 Å². The number of halogens is 1. The molecule has 0 amide bonds. The molecule has 1 N–H and O–H groups in total. The van der Waals surface area contributed by atoms with Gasteiger partial charge in [-0.15, -0.1) is 5.10 Å². The Hall–Kier alpha value is -1.33. The molecular weight excluding hydrogens is 285 g/mol. The van der Waals surface area contributed by atoms with Gasteiger partial charge in [0.1, 0.15) is 5.82 Å². The molecular formula is C16H22FN3S. The summed E-state index contributed by atoms with van der Waals surface area (Å²) in [5, 5.41) is 7.82. The number of benzene rings is 1. The molecule has 0 spiro atoms. The first-order chi connectivity index (χ1) is 10.2. The summed E-state index contributed by atoms with van der Waals surface area (Å²) in [6.07, 6.45) is 3.02. The Kier molecular flexibility index (Phi) is 5.82. The van der Waals surface area contributed by atoms with Crippen molar-refractivity contribution >= 4 is 11.5 Å². The number of aromatic nitrogens is 2. The molecule has 0 saturated heterocycles. The van der Waals surface area contributed by atoms with Gasteiger partial charge >= 0.3 is 0 Å². The highest BCUT2D eigenvalue weighted by atomic mass is 32.1. The van der Waals surface area contributed by atoms with Crippen LogP contribution in [0.2, 0.25) is 0 Å². The van der Waals surface area contributed by atoms with E-state index in [-0.39, 0.29) is 11.9 Å². The molecule has 0 aliphatic carbocycles. The first-order valence-electron chi connectivity index (χ1n) is 7.47. The molecule has 1 heterocycles. The fraction of sp³-hybridized carbons (Fsp3) is 0.500. The normalized spacial score (nSPS) is 12.6. The quantitative estimate of drug-likeness (QED) is 0.839. The Balaban J connectivity index is 2.39. The molecule has 0 saturated carbocycles. The van der Waals surface area contributed by atoms with Crippen molar-refractivity contribution in [3.63, 3.8) is 0 Å². The van der Waals surface area contributed by atoms with E-state index in [4.69, 9.17) is 0 Å². The van der Waals surface area contributed by atoms with Gasteiger partial charge < -0.3 is 5.32 Å². The van der Waals surface area contributed by atoms with E-state index in [1.807, 2.05) is 13.0 Å². The monoisotopic (exact) mass is 307 g/mol. The summed E-state index contributed by atoms with van der Waals surface area (Å²) in [6, 6.07) is 5.03. The molecule has 0 aliphatic rings. The molecule has 1 atom stereocenters. The van der Waals surface area contributed by atoms with Gasteiger partial charge in [0.05, 0.1) is 16.6 Å². The second-order valence-corrected chi connectivity index (χ2v) is 6.01. The molecule has 2 aromatic rings. The van der Waals surface area contributed by atoms with Crippen molar-refractivity contribution in [1.82, 2.24) is 14.9 Å². The van der Waals surface area contributed by atoms with Crippen LogP contribution < -0.4 is 5.32 Å². The van der Waals surface area contributed by atoms with Crippen LogP contribution in [0, 0.1) is 12.7 Å². The SMILES string of the molecule is CCCNC(c1ccc(F)cc1C)c1snnc1CCC. The Bertz CT molecular complexity index is 583. The number of rotatable bonds is 7. The third kappa shape index (κ3) is 3.86. The molecule has 114 valence electrons. The maximum atomic E-state index is 13.4. The molecule has 0 aliphatic heterocycles. The van der Waals surface area contributed by atoms with Gasteiger partial charge in [-0.2, -0.15) is 0 Å². The Labute approximate surface area is 129 Å². The maximum absolute atomic E-state index is 13.4. The summed E-state index contributed by atoms with van der Waals surface area (Å²) in [4.78, 5) is 1.15. The van der Waals surface area contributed by atoms with E-state index in [1.54, 1.807) is 6.07 Å². The zero-order chi connectivity index (χ0) is 15.2. The van der Waals surface area contributed by atoms with Crippen molar-refractivity contribution in [2.45, 2.75) is 46.1 Å². The lowest BCUT2D eigenvalue weighted by Gasteiger charge is -2.20. The van der Waals surface area contributed by atoms with Crippen LogP contribution in [0.15, 0.2) is 18.2 Å². The summed E-state index contributed by atoms with van der Waals surface area (Å²) in [7, 11) is 0. The van der Waals surface area contributed by atoms with Gasteiger partial charge in [-0.3, -0.25) is 0 Å². The Morgan fingerprint density at radius 3 is 2.76 bits per heavy atom. The lowest BCUT2D eigenvalue weighted by Crippen LogP contribution is -2.24. The van der Waals surface area contributed by atoms with Gasteiger partial charge in [-0.05, 0) is 61.1 Å².